The quantitative estimate of drug-likeness (QED) is 0.841. The van der Waals surface area contributed by atoms with Crippen LogP contribution in [-0.4, -0.2) is 46.5 Å². The number of nitrogens with one attached hydrogen (secondary N) is 1. The van der Waals surface area contributed by atoms with Crippen molar-refractivity contribution in [3.8, 4) is 0 Å². The van der Waals surface area contributed by atoms with Gasteiger partial charge in [0, 0.05) is 18.8 Å². The fourth-order valence-electron chi connectivity index (χ4n) is 3.44. The second kappa shape index (κ2) is 5.87. The van der Waals surface area contributed by atoms with E-state index in [2.05, 4.69) is 20.2 Å². The molecule has 2 atom stereocenters. The molecule has 0 saturated carbocycles. The molecule has 1 amide bonds. The monoisotopic (exact) mass is 274 g/mol. The number of hydrogen-bond donors (Lipinski definition) is 1. The van der Waals surface area contributed by atoms with Crippen molar-refractivity contribution < 1.29 is 4.79 Å². The van der Waals surface area contributed by atoms with Gasteiger partial charge in [0.25, 0.3) is 5.91 Å². The molecule has 3 rings (SSSR count). The van der Waals surface area contributed by atoms with E-state index in [0.29, 0.717) is 23.5 Å². The lowest BCUT2D eigenvalue weighted by Gasteiger charge is -2.38. The molecular weight excluding hydrogens is 252 g/mol. The Hall–Kier alpha value is -1.49. The number of fused-ring (bicyclic) bond motifs is 1. The average Bonchev–Trinajstić information content (AvgIpc) is 2.69. The molecule has 20 heavy (non-hydrogen) atoms. The van der Waals surface area contributed by atoms with Crippen molar-refractivity contribution in [3.63, 3.8) is 0 Å². The van der Waals surface area contributed by atoms with Crippen LogP contribution in [0.3, 0.4) is 0 Å². The molecular formula is C15H22N4O. The van der Waals surface area contributed by atoms with Crippen LogP contribution >= 0.6 is 0 Å². The van der Waals surface area contributed by atoms with Crippen LogP contribution in [-0.2, 0) is 0 Å². The van der Waals surface area contributed by atoms with Gasteiger partial charge in [0.05, 0.1) is 0 Å². The van der Waals surface area contributed by atoms with E-state index < -0.39 is 0 Å². The Morgan fingerprint density at radius 3 is 3.15 bits per heavy atom. The largest absolute Gasteiger partial charge is 0.334 e. The summed E-state index contributed by atoms with van der Waals surface area (Å²) < 4.78 is 0. The molecule has 1 aromatic rings. The lowest BCUT2D eigenvalue weighted by atomic mass is 9.89. The van der Waals surface area contributed by atoms with E-state index in [1.807, 2.05) is 6.92 Å². The molecule has 0 spiro atoms. The first-order valence-corrected chi connectivity index (χ1v) is 7.57. The first kappa shape index (κ1) is 13.5. The minimum atomic E-state index is 0.0781. The number of likely N-dealkylation sites (tertiary alicyclic amines) is 1. The minimum absolute atomic E-state index is 0.0781. The highest BCUT2D eigenvalue weighted by Crippen LogP contribution is 2.28. The highest BCUT2D eigenvalue weighted by atomic mass is 16.2. The van der Waals surface area contributed by atoms with Gasteiger partial charge in [0.15, 0.2) is 0 Å². The molecule has 2 aliphatic rings. The van der Waals surface area contributed by atoms with Gasteiger partial charge in [0.2, 0.25) is 0 Å². The predicted octanol–water partition coefficient (Wildman–Crippen LogP) is 1.39. The zero-order valence-corrected chi connectivity index (χ0v) is 12.0. The summed E-state index contributed by atoms with van der Waals surface area (Å²) in [5.41, 5.74) is 0.539. The molecule has 3 heterocycles. The Bertz CT molecular complexity index is 491. The second-order valence-corrected chi connectivity index (χ2v) is 5.80. The number of aryl methyl sites for hydroxylation is 1. The smallest absolute Gasteiger partial charge is 0.272 e. The van der Waals surface area contributed by atoms with Crippen LogP contribution in [0.25, 0.3) is 0 Å². The third-order valence-corrected chi connectivity index (χ3v) is 4.45. The van der Waals surface area contributed by atoms with E-state index >= 15 is 0 Å². The van der Waals surface area contributed by atoms with Gasteiger partial charge in [-0.2, -0.15) is 0 Å². The van der Waals surface area contributed by atoms with Gasteiger partial charge < -0.3 is 10.2 Å². The summed E-state index contributed by atoms with van der Waals surface area (Å²) in [4.78, 5) is 23.2. The molecule has 5 heteroatoms. The number of nitrogens with zero attached hydrogens (tertiary/aromatic N) is 3. The lowest BCUT2D eigenvalue weighted by molar-refractivity contribution is 0.0580. The standard InChI is InChI=1S/C15H22N4O/c1-11-17-8-5-13(18-11)15(20)19-9-3-2-4-12-10-16-7-6-14(12)19/h5,8,12,14,16H,2-4,6-7,9-10H2,1H3/t12-,14+/m0/s1. The molecule has 0 unspecified atom stereocenters. The Kier molecular flexibility index (Phi) is 3.96. The average molecular weight is 274 g/mol. The summed E-state index contributed by atoms with van der Waals surface area (Å²) in [6, 6.07) is 2.11. The van der Waals surface area contributed by atoms with Crippen molar-refractivity contribution in [3.05, 3.63) is 23.8 Å². The first-order chi connectivity index (χ1) is 9.75. The van der Waals surface area contributed by atoms with Crippen LogP contribution in [0.4, 0.5) is 0 Å². The van der Waals surface area contributed by atoms with Crippen LogP contribution in [0, 0.1) is 12.8 Å². The molecule has 0 aromatic carbocycles. The molecule has 108 valence electrons. The van der Waals surface area contributed by atoms with Gasteiger partial charge in [-0.1, -0.05) is 6.42 Å². The third kappa shape index (κ3) is 2.68. The molecule has 2 fully saturated rings. The maximum absolute atomic E-state index is 12.8. The van der Waals surface area contributed by atoms with E-state index in [4.69, 9.17) is 0 Å². The Balaban J connectivity index is 1.84. The summed E-state index contributed by atoms with van der Waals surface area (Å²) >= 11 is 0. The van der Waals surface area contributed by atoms with Gasteiger partial charge >= 0.3 is 0 Å². The highest BCUT2D eigenvalue weighted by Gasteiger charge is 2.34. The van der Waals surface area contributed by atoms with E-state index in [1.54, 1.807) is 12.3 Å². The second-order valence-electron chi connectivity index (χ2n) is 5.80. The van der Waals surface area contributed by atoms with Crippen molar-refractivity contribution in [1.82, 2.24) is 20.2 Å². The van der Waals surface area contributed by atoms with Crippen molar-refractivity contribution in [2.75, 3.05) is 19.6 Å². The molecule has 5 nitrogen and oxygen atoms in total. The molecule has 1 N–H and O–H groups in total. The third-order valence-electron chi connectivity index (χ3n) is 4.45. The highest BCUT2D eigenvalue weighted by molar-refractivity contribution is 5.92. The van der Waals surface area contributed by atoms with Crippen LogP contribution in [0.1, 0.15) is 42.0 Å². The van der Waals surface area contributed by atoms with Crippen molar-refractivity contribution >= 4 is 5.91 Å². The van der Waals surface area contributed by atoms with Gasteiger partial charge in [0.1, 0.15) is 11.5 Å². The van der Waals surface area contributed by atoms with Gasteiger partial charge in [-0.05, 0) is 51.3 Å². The van der Waals surface area contributed by atoms with Gasteiger partial charge in [-0.25, -0.2) is 9.97 Å². The van der Waals surface area contributed by atoms with E-state index in [1.165, 1.54) is 12.8 Å². The lowest BCUT2D eigenvalue weighted by Crippen LogP contribution is -2.51. The van der Waals surface area contributed by atoms with Gasteiger partial charge in [-0.15, -0.1) is 0 Å². The zero-order chi connectivity index (χ0) is 13.9. The van der Waals surface area contributed by atoms with Crippen LogP contribution < -0.4 is 5.32 Å². The van der Waals surface area contributed by atoms with E-state index in [-0.39, 0.29) is 5.91 Å². The Morgan fingerprint density at radius 2 is 2.30 bits per heavy atom. The summed E-state index contributed by atoms with van der Waals surface area (Å²) in [6.45, 7) is 4.74. The molecule has 0 bridgehead atoms. The maximum atomic E-state index is 12.8. The van der Waals surface area contributed by atoms with Crippen molar-refractivity contribution in [1.29, 1.82) is 0 Å². The summed E-state index contributed by atoms with van der Waals surface area (Å²) in [6.07, 6.45) is 6.27. The topological polar surface area (TPSA) is 58.1 Å². The maximum Gasteiger partial charge on any atom is 0.272 e. The van der Waals surface area contributed by atoms with E-state index in [0.717, 1.165) is 32.5 Å². The van der Waals surface area contributed by atoms with E-state index in [9.17, 15) is 4.79 Å². The van der Waals surface area contributed by atoms with Crippen molar-refractivity contribution in [2.45, 2.75) is 38.6 Å². The zero-order valence-electron chi connectivity index (χ0n) is 12.0. The number of carbonyl (C=O) groups is 1. The Labute approximate surface area is 119 Å². The fourth-order valence-corrected chi connectivity index (χ4v) is 3.44. The molecule has 0 radical (unpaired) electrons. The summed E-state index contributed by atoms with van der Waals surface area (Å²) in [7, 11) is 0. The summed E-state index contributed by atoms with van der Waals surface area (Å²) in [5.74, 6) is 1.33. The summed E-state index contributed by atoms with van der Waals surface area (Å²) in [5, 5.41) is 3.46. The molecule has 0 aliphatic carbocycles. The SMILES string of the molecule is Cc1nccc(C(=O)N2CCCC[C@H]3CNCC[C@H]32)n1. The number of rotatable bonds is 1. The predicted molar refractivity (Wildman–Crippen MR) is 76.4 cm³/mol. The normalized spacial score (nSPS) is 26.8. The number of carbonyl (C=O) groups excluding carboxylic acids is 1. The van der Waals surface area contributed by atoms with Gasteiger partial charge in [-0.3, -0.25) is 4.79 Å². The molecule has 1 aromatic heterocycles. The molecule has 2 saturated heterocycles. The van der Waals surface area contributed by atoms with Crippen LogP contribution in [0.15, 0.2) is 12.3 Å². The number of aromatic nitrogens is 2. The first-order valence-electron chi connectivity index (χ1n) is 7.57. The van der Waals surface area contributed by atoms with Crippen molar-refractivity contribution in [2.24, 2.45) is 5.92 Å². The minimum Gasteiger partial charge on any atom is -0.334 e. The number of amides is 1. The number of hydrogen-bond acceptors (Lipinski definition) is 4. The van der Waals surface area contributed by atoms with Crippen LogP contribution in [0.5, 0.6) is 0 Å². The number of piperidine rings is 1. The molecule has 2 aliphatic heterocycles. The fraction of sp³-hybridized carbons (Fsp3) is 0.667. The van der Waals surface area contributed by atoms with Crippen LogP contribution in [0.2, 0.25) is 0 Å². The Morgan fingerprint density at radius 1 is 1.40 bits per heavy atom.